The van der Waals surface area contributed by atoms with Crippen LogP contribution in [0.1, 0.15) is 30.5 Å². The van der Waals surface area contributed by atoms with Gasteiger partial charge in [-0.25, -0.2) is 0 Å². The van der Waals surface area contributed by atoms with E-state index in [-0.39, 0.29) is 6.04 Å². The number of rotatable bonds is 4. The van der Waals surface area contributed by atoms with Gasteiger partial charge in [-0.2, -0.15) is 0 Å². The highest BCUT2D eigenvalue weighted by Crippen LogP contribution is 2.24. The van der Waals surface area contributed by atoms with Crippen molar-refractivity contribution < 1.29 is 0 Å². The Balaban J connectivity index is 2.88. The minimum Gasteiger partial charge on any atom is -0.300 e. The lowest BCUT2D eigenvalue weighted by Gasteiger charge is -2.14. The largest absolute Gasteiger partial charge is 0.300 e. The third-order valence-electron chi connectivity index (χ3n) is 2.23. The molecule has 0 radical (unpaired) electrons. The zero-order valence-electron chi connectivity index (χ0n) is 9.18. The summed E-state index contributed by atoms with van der Waals surface area (Å²) < 4.78 is 1.08. The van der Waals surface area contributed by atoms with Crippen LogP contribution in [-0.4, -0.2) is 6.54 Å². The van der Waals surface area contributed by atoms with E-state index in [0.29, 0.717) is 0 Å². The van der Waals surface area contributed by atoms with E-state index in [1.807, 2.05) is 0 Å². The SMILES string of the molecule is C#CC(NCCC)c1ccc(C)cc1Br. The van der Waals surface area contributed by atoms with Crippen LogP contribution in [0.4, 0.5) is 0 Å². The quantitative estimate of drug-likeness (QED) is 0.823. The van der Waals surface area contributed by atoms with Crippen molar-refractivity contribution in [2.45, 2.75) is 26.3 Å². The second kappa shape index (κ2) is 5.95. The minimum atomic E-state index is -0.0000694. The van der Waals surface area contributed by atoms with E-state index >= 15 is 0 Å². The molecule has 1 nitrogen and oxygen atoms in total. The Labute approximate surface area is 100 Å². The number of nitrogens with one attached hydrogen (secondary N) is 1. The average molecular weight is 266 g/mol. The Morgan fingerprint density at radius 3 is 2.80 bits per heavy atom. The highest BCUT2D eigenvalue weighted by molar-refractivity contribution is 9.10. The van der Waals surface area contributed by atoms with E-state index in [4.69, 9.17) is 6.42 Å². The smallest absolute Gasteiger partial charge is 0.0954 e. The standard InChI is InChI=1S/C13H16BrN/c1-4-8-15-13(5-2)11-7-6-10(3)9-12(11)14/h2,6-7,9,13,15H,4,8H2,1,3H3. The Morgan fingerprint density at radius 2 is 2.27 bits per heavy atom. The van der Waals surface area contributed by atoms with Gasteiger partial charge in [-0.05, 0) is 37.1 Å². The van der Waals surface area contributed by atoms with Crippen LogP contribution >= 0.6 is 15.9 Å². The molecule has 0 bridgehead atoms. The maximum Gasteiger partial charge on any atom is 0.0954 e. The molecule has 0 fully saturated rings. The summed E-state index contributed by atoms with van der Waals surface area (Å²) in [7, 11) is 0. The maximum atomic E-state index is 5.52. The molecule has 15 heavy (non-hydrogen) atoms. The van der Waals surface area contributed by atoms with E-state index in [2.05, 4.69) is 59.2 Å². The monoisotopic (exact) mass is 265 g/mol. The molecule has 0 amide bonds. The Bertz CT molecular complexity index is 365. The minimum absolute atomic E-state index is 0.0000694. The third-order valence-corrected chi connectivity index (χ3v) is 2.92. The van der Waals surface area contributed by atoms with Gasteiger partial charge in [-0.15, -0.1) is 6.42 Å². The van der Waals surface area contributed by atoms with Crippen molar-refractivity contribution in [2.24, 2.45) is 0 Å². The molecule has 1 aromatic carbocycles. The second-order valence-electron chi connectivity index (χ2n) is 3.58. The predicted octanol–water partition coefficient (Wildman–Crippen LogP) is 3.43. The number of terminal acetylenes is 1. The third kappa shape index (κ3) is 3.37. The molecule has 2 heteroatoms. The predicted molar refractivity (Wildman–Crippen MR) is 68.7 cm³/mol. The molecule has 1 unspecified atom stereocenters. The first kappa shape index (κ1) is 12.3. The molecule has 0 saturated heterocycles. The first-order chi connectivity index (χ1) is 7.19. The van der Waals surface area contributed by atoms with E-state index in [9.17, 15) is 0 Å². The van der Waals surface area contributed by atoms with Crippen LogP contribution in [0.15, 0.2) is 22.7 Å². The van der Waals surface area contributed by atoms with Crippen LogP contribution in [0.5, 0.6) is 0 Å². The van der Waals surface area contributed by atoms with Crippen molar-refractivity contribution in [1.82, 2.24) is 5.32 Å². The van der Waals surface area contributed by atoms with E-state index in [1.165, 1.54) is 5.56 Å². The van der Waals surface area contributed by atoms with Crippen LogP contribution < -0.4 is 5.32 Å². The lowest BCUT2D eigenvalue weighted by atomic mass is 10.1. The Kier molecular flexibility index (Phi) is 4.87. The lowest BCUT2D eigenvalue weighted by molar-refractivity contribution is 0.624. The summed E-state index contributed by atoms with van der Waals surface area (Å²) in [6.45, 7) is 5.14. The first-order valence-corrected chi connectivity index (χ1v) is 5.94. The highest BCUT2D eigenvalue weighted by atomic mass is 79.9. The van der Waals surface area contributed by atoms with Crippen molar-refractivity contribution in [1.29, 1.82) is 0 Å². The summed E-state index contributed by atoms with van der Waals surface area (Å²) in [5.74, 6) is 2.77. The molecule has 1 rings (SSSR count). The molecule has 0 aliphatic heterocycles. The number of benzene rings is 1. The van der Waals surface area contributed by atoms with Gasteiger partial charge in [0.25, 0.3) is 0 Å². The van der Waals surface area contributed by atoms with Crippen LogP contribution in [0.2, 0.25) is 0 Å². The topological polar surface area (TPSA) is 12.0 Å². The molecule has 0 aliphatic rings. The van der Waals surface area contributed by atoms with Gasteiger partial charge < -0.3 is 0 Å². The molecule has 80 valence electrons. The van der Waals surface area contributed by atoms with Gasteiger partial charge in [0.15, 0.2) is 0 Å². The average Bonchev–Trinajstić information content (AvgIpc) is 2.21. The Hall–Kier alpha value is -0.780. The fourth-order valence-electron chi connectivity index (χ4n) is 1.41. The van der Waals surface area contributed by atoms with Gasteiger partial charge in [0.1, 0.15) is 0 Å². The van der Waals surface area contributed by atoms with E-state index in [1.54, 1.807) is 0 Å². The van der Waals surface area contributed by atoms with Gasteiger partial charge in [-0.1, -0.05) is 40.9 Å². The van der Waals surface area contributed by atoms with Gasteiger partial charge in [-0.3, -0.25) is 5.32 Å². The number of hydrogen-bond donors (Lipinski definition) is 1. The van der Waals surface area contributed by atoms with Crippen LogP contribution in [0.25, 0.3) is 0 Å². The molecular formula is C13H16BrN. The molecule has 1 aromatic rings. The molecule has 1 N–H and O–H groups in total. The molecule has 0 spiro atoms. The molecular weight excluding hydrogens is 250 g/mol. The number of aryl methyl sites for hydroxylation is 1. The number of halogens is 1. The molecule has 1 atom stereocenters. The molecule has 0 aromatic heterocycles. The molecule has 0 heterocycles. The fourth-order valence-corrected chi connectivity index (χ4v) is 2.14. The van der Waals surface area contributed by atoms with Crippen molar-refractivity contribution in [3.8, 4) is 12.3 Å². The maximum absolute atomic E-state index is 5.52. The van der Waals surface area contributed by atoms with Gasteiger partial charge in [0.2, 0.25) is 0 Å². The van der Waals surface area contributed by atoms with Crippen molar-refractivity contribution in [3.05, 3.63) is 33.8 Å². The summed E-state index contributed by atoms with van der Waals surface area (Å²) in [5, 5.41) is 3.33. The van der Waals surface area contributed by atoms with E-state index < -0.39 is 0 Å². The Morgan fingerprint density at radius 1 is 1.53 bits per heavy atom. The van der Waals surface area contributed by atoms with Crippen molar-refractivity contribution >= 4 is 15.9 Å². The summed E-state index contributed by atoms with van der Waals surface area (Å²) in [6.07, 6.45) is 6.60. The van der Waals surface area contributed by atoms with Crippen LogP contribution in [-0.2, 0) is 0 Å². The summed E-state index contributed by atoms with van der Waals surface area (Å²) in [5.41, 5.74) is 2.37. The normalized spacial score (nSPS) is 12.1. The van der Waals surface area contributed by atoms with Gasteiger partial charge in [0, 0.05) is 4.47 Å². The van der Waals surface area contributed by atoms with Crippen molar-refractivity contribution in [2.75, 3.05) is 6.54 Å². The second-order valence-corrected chi connectivity index (χ2v) is 4.43. The summed E-state index contributed by atoms with van der Waals surface area (Å²) >= 11 is 3.54. The van der Waals surface area contributed by atoms with Crippen molar-refractivity contribution in [3.63, 3.8) is 0 Å². The molecule has 0 saturated carbocycles. The molecule has 0 aliphatic carbocycles. The van der Waals surface area contributed by atoms with E-state index in [0.717, 1.165) is 23.0 Å². The first-order valence-electron chi connectivity index (χ1n) is 5.14. The highest BCUT2D eigenvalue weighted by Gasteiger charge is 2.10. The lowest BCUT2D eigenvalue weighted by Crippen LogP contribution is -2.21. The van der Waals surface area contributed by atoms with Gasteiger partial charge >= 0.3 is 0 Å². The van der Waals surface area contributed by atoms with Crippen LogP contribution in [0, 0.1) is 19.3 Å². The summed E-state index contributed by atoms with van der Waals surface area (Å²) in [4.78, 5) is 0. The van der Waals surface area contributed by atoms with Gasteiger partial charge in [0.05, 0.1) is 6.04 Å². The van der Waals surface area contributed by atoms with Crippen LogP contribution in [0.3, 0.4) is 0 Å². The summed E-state index contributed by atoms with van der Waals surface area (Å²) in [6, 6.07) is 6.25. The fraction of sp³-hybridized carbons (Fsp3) is 0.385. The zero-order valence-corrected chi connectivity index (χ0v) is 10.8. The zero-order chi connectivity index (χ0) is 11.3. The number of hydrogen-bond acceptors (Lipinski definition) is 1.